The van der Waals surface area contributed by atoms with Gasteiger partial charge < -0.3 is 29.0 Å². The van der Waals surface area contributed by atoms with Crippen molar-refractivity contribution in [3.8, 4) is 17.2 Å². The number of alkyl halides is 1. The standard InChI is InChI=1S/C29H36FN3O4/c1-4-37-28-17-24-19(15-27(28)36-3)9-14-33(29(34)32-12-10-21(30)11-13-32)26(24)8-5-20-18-31-25-7-6-22(35-2)16-23(20)25/h6-7,15-18,21,26,31H,4-5,8-14H2,1-3H3. The smallest absolute Gasteiger partial charge is 0.320 e. The highest BCUT2D eigenvalue weighted by Crippen LogP contribution is 2.41. The maximum atomic E-state index is 13.8. The van der Waals surface area contributed by atoms with Crippen LogP contribution >= 0.6 is 0 Å². The van der Waals surface area contributed by atoms with Gasteiger partial charge in [-0.3, -0.25) is 0 Å². The molecule has 0 saturated carbocycles. The van der Waals surface area contributed by atoms with Crippen molar-refractivity contribution in [2.75, 3.05) is 40.5 Å². The molecule has 2 aliphatic heterocycles. The molecule has 1 aromatic heterocycles. The van der Waals surface area contributed by atoms with E-state index in [2.05, 4.69) is 17.1 Å². The van der Waals surface area contributed by atoms with Gasteiger partial charge in [-0.2, -0.15) is 0 Å². The van der Waals surface area contributed by atoms with Crippen molar-refractivity contribution in [2.24, 2.45) is 0 Å². The van der Waals surface area contributed by atoms with E-state index >= 15 is 0 Å². The number of fused-ring (bicyclic) bond motifs is 2. The number of ether oxygens (including phenoxy) is 3. The Morgan fingerprint density at radius 3 is 2.62 bits per heavy atom. The third kappa shape index (κ3) is 5.06. The topological polar surface area (TPSA) is 67.0 Å². The Labute approximate surface area is 217 Å². The lowest BCUT2D eigenvalue weighted by molar-refractivity contribution is 0.102. The van der Waals surface area contributed by atoms with Crippen LogP contribution in [0.3, 0.4) is 0 Å². The number of carbonyl (C=O) groups is 1. The van der Waals surface area contributed by atoms with Crippen LogP contribution in [-0.2, 0) is 12.8 Å². The number of aromatic nitrogens is 1. The number of aryl methyl sites for hydroxylation is 1. The quantitative estimate of drug-likeness (QED) is 0.446. The number of hydrogen-bond acceptors (Lipinski definition) is 4. The molecule has 0 spiro atoms. The molecule has 7 nitrogen and oxygen atoms in total. The molecule has 0 radical (unpaired) electrons. The number of carbonyl (C=O) groups excluding carboxylic acids is 1. The summed E-state index contributed by atoms with van der Waals surface area (Å²) in [6.07, 6.45) is 4.31. The third-order valence-corrected chi connectivity index (χ3v) is 7.69. The highest BCUT2D eigenvalue weighted by atomic mass is 19.1. The second-order valence-corrected chi connectivity index (χ2v) is 9.80. The first-order valence-electron chi connectivity index (χ1n) is 13.2. The van der Waals surface area contributed by atoms with Gasteiger partial charge in [0.05, 0.1) is 26.9 Å². The van der Waals surface area contributed by atoms with Crippen LogP contribution in [0.1, 0.15) is 48.9 Å². The number of halogens is 1. The fourth-order valence-electron chi connectivity index (χ4n) is 5.68. The van der Waals surface area contributed by atoms with Crippen molar-refractivity contribution in [2.45, 2.75) is 51.2 Å². The minimum Gasteiger partial charge on any atom is -0.497 e. The largest absolute Gasteiger partial charge is 0.497 e. The molecule has 1 atom stereocenters. The summed E-state index contributed by atoms with van der Waals surface area (Å²) in [7, 11) is 3.33. The van der Waals surface area contributed by atoms with Gasteiger partial charge in [0.15, 0.2) is 11.5 Å². The lowest BCUT2D eigenvalue weighted by atomic mass is 9.88. The second-order valence-electron chi connectivity index (χ2n) is 9.80. The maximum absolute atomic E-state index is 13.8. The predicted octanol–water partition coefficient (Wildman–Crippen LogP) is 5.67. The molecule has 1 fully saturated rings. The van der Waals surface area contributed by atoms with Crippen LogP contribution < -0.4 is 14.2 Å². The normalized spacial score (nSPS) is 18.1. The van der Waals surface area contributed by atoms with Crippen LogP contribution in [0, 0.1) is 0 Å². The summed E-state index contributed by atoms with van der Waals surface area (Å²) in [6, 6.07) is 10.0. The number of nitrogens with one attached hydrogen (secondary N) is 1. The Morgan fingerprint density at radius 2 is 1.89 bits per heavy atom. The highest BCUT2D eigenvalue weighted by Gasteiger charge is 2.35. The Balaban J connectivity index is 1.47. The summed E-state index contributed by atoms with van der Waals surface area (Å²) in [4.78, 5) is 20.9. The summed E-state index contributed by atoms with van der Waals surface area (Å²) < 4.78 is 30.7. The average molecular weight is 510 g/mol. The number of piperidine rings is 1. The lowest BCUT2D eigenvalue weighted by Crippen LogP contribution is -2.50. The fraction of sp³-hybridized carbons (Fsp3) is 0.483. The van der Waals surface area contributed by atoms with Crippen molar-refractivity contribution >= 4 is 16.9 Å². The number of urea groups is 1. The molecule has 8 heteroatoms. The number of likely N-dealkylation sites (tertiary alicyclic amines) is 1. The molecule has 3 heterocycles. The zero-order valence-corrected chi connectivity index (χ0v) is 21.9. The summed E-state index contributed by atoms with van der Waals surface area (Å²) >= 11 is 0. The zero-order chi connectivity index (χ0) is 25.9. The fourth-order valence-corrected chi connectivity index (χ4v) is 5.68. The first-order valence-corrected chi connectivity index (χ1v) is 13.2. The van der Waals surface area contributed by atoms with E-state index in [1.165, 1.54) is 11.1 Å². The summed E-state index contributed by atoms with van der Waals surface area (Å²) in [6.45, 7) is 4.02. The highest BCUT2D eigenvalue weighted by molar-refractivity contribution is 5.84. The van der Waals surface area contributed by atoms with Crippen LogP contribution in [0.25, 0.3) is 10.9 Å². The van der Waals surface area contributed by atoms with E-state index in [0.29, 0.717) is 50.6 Å². The van der Waals surface area contributed by atoms with Gasteiger partial charge in [-0.05, 0) is 86.1 Å². The maximum Gasteiger partial charge on any atom is 0.320 e. The van der Waals surface area contributed by atoms with Crippen LogP contribution in [0.5, 0.6) is 17.2 Å². The molecule has 0 bridgehead atoms. The molecule has 2 aliphatic rings. The van der Waals surface area contributed by atoms with E-state index in [4.69, 9.17) is 14.2 Å². The number of hydrogen-bond donors (Lipinski definition) is 1. The molecule has 198 valence electrons. The number of methoxy groups -OCH3 is 2. The molecule has 2 amide bonds. The summed E-state index contributed by atoms with van der Waals surface area (Å²) in [5.74, 6) is 2.23. The molecular formula is C29H36FN3O4. The Hall–Kier alpha value is -3.42. The Kier molecular flexibility index (Phi) is 7.44. The molecule has 1 N–H and O–H groups in total. The van der Waals surface area contributed by atoms with Gasteiger partial charge in [-0.25, -0.2) is 9.18 Å². The summed E-state index contributed by atoms with van der Waals surface area (Å²) in [5, 5.41) is 1.13. The van der Waals surface area contributed by atoms with Gasteiger partial charge >= 0.3 is 6.03 Å². The van der Waals surface area contributed by atoms with E-state index in [1.54, 1.807) is 14.2 Å². The van der Waals surface area contributed by atoms with Crippen LogP contribution in [0.15, 0.2) is 36.5 Å². The second kappa shape index (κ2) is 10.9. The number of nitrogens with zero attached hydrogens (tertiary/aromatic N) is 2. The van der Waals surface area contributed by atoms with Gasteiger partial charge in [0.1, 0.15) is 11.9 Å². The molecular weight excluding hydrogens is 473 g/mol. The molecule has 0 aliphatic carbocycles. The molecule has 37 heavy (non-hydrogen) atoms. The first kappa shape index (κ1) is 25.2. The number of aromatic amines is 1. The van der Waals surface area contributed by atoms with Gasteiger partial charge in [-0.15, -0.1) is 0 Å². The minimum absolute atomic E-state index is 0.00285. The average Bonchev–Trinajstić information content (AvgIpc) is 3.33. The first-order chi connectivity index (χ1) is 18.0. The molecule has 2 aromatic carbocycles. The number of H-pyrrole nitrogens is 1. The SMILES string of the molecule is CCOc1cc2c(cc1OC)CCN(C(=O)N1CCC(F)CC1)C2CCc1c[nH]c2ccc(OC)cc12. The van der Waals surface area contributed by atoms with Gasteiger partial charge in [0.25, 0.3) is 0 Å². The number of benzene rings is 2. The van der Waals surface area contributed by atoms with E-state index in [9.17, 15) is 9.18 Å². The molecule has 5 rings (SSSR count). The third-order valence-electron chi connectivity index (χ3n) is 7.69. The number of rotatable bonds is 7. The van der Waals surface area contributed by atoms with Gasteiger partial charge in [0, 0.05) is 36.7 Å². The van der Waals surface area contributed by atoms with Crippen LogP contribution in [0.4, 0.5) is 9.18 Å². The van der Waals surface area contributed by atoms with Crippen molar-refractivity contribution in [3.05, 3.63) is 53.2 Å². The van der Waals surface area contributed by atoms with E-state index in [-0.39, 0.29) is 12.1 Å². The Morgan fingerprint density at radius 1 is 1.08 bits per heavy atom. The van der Waals surface area contributed by atoms with Gasteiger partial charge in [-0.1, -0.05) is 0 Å². The Bertz CT molecular complexity index is 1250. The number of amides is 2. The predicted molar refractivity (Wildman–Crippen MR) is 142 cm³/mol. The molecule has 3 aromatic rings. The van der Waals surface area contributed by atoms with Crippen molar-refractivity contribution in [1.82, 2.24) is 14.8 Å². The van der Waals surface area contributed by atoms with E-state index in [0.717, 1.165) is 41.5 Å². The summed E-state index contributed by atoms with van der Waals surface area (Å²) in [5.41, 5.74) is 4.52. The van der Waals surface area contributed by atoms with E-state index in [1.807, 2.05) is 41.1 Å². The van der Waals surface area contributed by atoms with Crippen molar-refractivity contribution in [1.29, 1.82) is 0 Å². The van der Waals surface area contributed by atoms with Crippen LogP contribution in [0.2, 0.25) is 0 Å². The van der Waals surface area contributed by atoms with Gasteiger partial charge in [0.2, 0.25) is 0 Å². The molecule has 1 saturated heterocycles. The molecule has 1 unspecified atom stereocenters. The van der Waals surface area contributed by atoms with Crippen molar-refractivity contribution in [3.63, 3.8) is 0 Å². The zero-order valence-electron chi connectivity index (χ0n) is 21.9. The van der Waals surface area contributed by atoms with E-state index < -0.39 is 6.17 Å². The van der Waals surface area contributed by atoms with Crippen molar-refractivity contribution < 1.29 is 23.4 Å². The monoisotopic (exact) mass is 509 g/mol. The lowest BCUT2D eigenvalue weighted by Gasteiger charge is -2.41. The minimum atomic E-state index is -0.818. The van der Waals surface area contributed by atoms with Crippen LogP contribution in [-0.4, -0.2) is 67.4 Å².